The fourth-order valence-electron chi connectivity index (χ4n) is 1.53. The zero-order valence-corrected chi connectivity index (χ0v) is 13.8. The van der Waals surface area contributed by atoms with E-state index in [2.05, 4.69) is 37.2 Å². The molecule has 0 bridgehead atoms. The first-order chi connectivity index (χ1) is 9.38. The van der Waals surface area contributed by atoms with Crippen LogP contribution in [0, 0.1) is 0 Å². The van der Waals surface area contributed by atoms with Gasteiger partial charge in [-0.3, -0.25) is 4.79 Å². The molecule has 1 amide bonds. The molecule has 7 heteroatoms. The molecule has 0 heterocycles. The average Bonchev–Trinajstić information content (AvgIpc) is 2.35. The highest BCUT2D eigenvalue weighted by Crippen LogP contribution is 2.35. The molecule has 0 saturated heterocycles. The van der Waals surface area contributed by atoms with Crippen molar-refractivity contribution in [3.63, 3.8) is 0 Å². The second-order valence-corrected chi connectivity index (χ2v) is 6.05. The van der Waals surface area contributed by atoms with Crippen molar-refractivity contribution in [2.24, 2.45) is 0 Å². The third-order valence-corrected chi connectivity index (χ3v) is 3.92. The van der Waals surface area contributed by atoms with Gasteiger partial charge in [-0.1, -0.05) is 11.6 Å². The second-order valence-electron chi connectivity index (χ2n) is 3.90. The molecule has 2 aromatic rings. The Labute approximate surface area is 136 Å². The standard InChI is InChI=1S/C13H8Br2ClNO3/c14-9-4-7(5-10(15)12(9)19)17-13(20)8-2-1-6(16)3-11(8)18/h1-5,18-19H,(H,17,20). The first-order valence-corrected chi connectivity index (χ1v) is 7.32. The highest BCUT2D eigenvalue weighted by molar-refractivity contribution is 9.11. The van der Waals surface area contributed by atoms with Crippen LogP contribution in [0.4, 0.5) is 5.69 Å². The van der Waals surface area contributed by atoms with Crippen molar-refractivity contribution in [2.45, 2.75) is 0 Å². The van der Waals surface area contributed by atoms with Gasteiger partial charge in [0, 0.05) is 10.7 Å². The number of phenols is 2. The maximum atomic E-state index is 12.0. The topological polar surface area (TPSA) is 69.6 Å². The number of aromatic hydroxyl groups is 2. The van der Waals surface area contributed by atoms with Gasteiger partial charge in [0.1, 0.15) is 11.5 Å². The lowest BCUT2D eigenvalue weighted by Gasteiger charge is -2.09. The van der Waals surface area contributed by atoms with Gasteiger partial charge in [0.2, 0.25) is 0 Å². The van der Waals surface area contributed by atoms with Crippen LogP contribution in [0.3, 0.4) is 0 Å². The van der Waals surface area contributed by atoms with E-state index in [9.17, 15) is 15.0 Å². The number of carbonyl (C=O) groups is 1. The molecule has 0 aliphatic heterocycles. The lowest BCUT2D eigenvalue weighted by Crippen LogP contribution is -2.12. The van der Waals surface area contributed by atoms with Crippen LogP contribution in [0.25, 0.3) is 0 Å². The Morgan fingerprint density at radius 1 is 1.10 bits per heavy atom. The summed E-state index contributed by atoms with van der Waals surface area (Å²) in [6.45, 7) is 0. The molecule has 3 N–H and O–H groups in total. The lowest BCUT2D eigenvalue weighted by molar-refractivity contribution is 0.102. The maximum Gasteiger partial charge on any atom is 0.259 e. The summed E-state index contributed by atoms with van der Waals surface area (Å²) < 4.78 is 0.866. The van der Waals surface area contributed by atoms with Gasteiger partial charge in [-0.25, -0.2) is 0 Å². The van der Waals surface area contributed by atoms with Gasteiger partial charge in [-0.2, -0.15) is 0 Å². The van der Waals surface area contributed by atoms with E-state index in [1.54, 1.807) is 12.1 Å². The van der Waals surface area contributed by atoms with Crippen molar-refractivity contribution < 1.29 is 15.0 Å². The van der Waals surface area contributed by atoms with Crippen molar-refractivity contribution in [3.8, 4) is 11.5 Å². The summed E-state index contributed by atoms with van der Waals surface area (Å²) in [4.78, 5) is 12.0. The summed E-state index contributed by atoms with van der Waals surface area (Å²) in [7, 11) is 0. The van der Waals surface area contributed by atoms with Crippen molar-refractivity contribution in [1.29, 1.82) is 0 Å². The Hall–Kier alpha value is -1.24. The zero-order valence-electron chi connectivity index (χ0n) is 9.82. The molecule has 4 nitrogen and oxygen atoms in total. The molecule has 0 unspecified atom stereocenters. The lowest BCUT2D eigenvalue weighted by atomic mass is 10.2. The first kappa shape index (κ1) is 15.2. The van der Waals surface area contributed by atoms with Crippen LogP contribution < -0.4 is 5.32 Å². The van der Waals surface area contributed by atoms with Crippen LogP contribution in [-0.2, 0) is 0 Å². The Kier molecular flexibility index (Phi) is 4.57. The van der Waals surface area contributed by atoms with E-state index >= 15 is 0 Å². The normalized spacial score (nSPS) is 10.3. The predicted octanol–water partition coefficient (Wildman–Crippen LogP) is 4.53. The van der Waals surface area contributed by atoms with Gasteiger partial charge in [0.05, 0.1) is 14.5 Å². The number of amides is 1. The van der Waals surface area contributed by atoms with Crippen LogP contribution in [-0.4, -0.2) is 16.1 Å². The number of hydrogen-bond donors (Lipinski definition) is 3. The van der Waals surface area contributed by atoms with Crippen LogP contribution in [0.15, 0.2) is 39.3 Å². The molecule has 0 spiro atoms. The third kappa shape index (κ3) is 3.26. The van der Waals surface area contributed by atoms with Crippen LogP contribution in [0.1, 0.15) is 10.4 Å². The van der Waals surface area contributed by atoms with Gasteiger partial charge < -0.3 is 15.5 Å². The number of carbonyl (C=O) groups excluding carboxylic acids is 1. The van der Waals surface area contributed by atoms with Crippen LogP contribution >= 0.6 is 43.5 Å². The van der Waals surface area contributed by atoms with E-state index < -0.39 is 5.91 Å². The van der Waals surface area contributed by atoms with Crippen LogP contribution in [0.2, 0.25) is 5.02 Å². The third-order valence-electron chi connectivity index (χ3n) is 2.48. The van der Waals surface area contributed by atoms with Crippen molar-refractivity contribution >= 4 is 55.1 Å². The molecule has 20 heavy (non-hydrogen) atoms. The summed E-state index contributed by atoms with van der Waals surface area (Å²) in [5.74, 6) is -0.645. The van der Waals surface area contributed by atoms with E-state index in [-0.39, 0.29) is 17.1 Å². The molecule has 104 valence electrons. The van der Waals surface area contributed by atoms with Gasteiger partial charge in [-0.05, 0) is 62.2 Å². The summed E-state index contributed by atoms with van der Waals surface area (Å²) in [6.07, 6.45) is 0. The Morgan fingerprint density at radius 2 is 1.70 bits per heavy atom. The Bertz CT molecular complexity index is 668. The van der Waals surface area contributed by atoms with Crippen molar-refractivity contribution in [1.82, 2.24) is 0 Å². The molecule has 2 rings (SSSR count). The molecule has 0 aromatic heterocycles. The average molecular weight is 421 g/mol. The minimum Gasteiger partial charge on any atom is -0.507 e. The summed E-state index contributed by atoms with van der Waals surface area (Å²) >= 11 is 12.0. The quantitative estimate of drug-likeness (QED) is 0.624. The molecular formula is C13H8Br2ClNO3. The highest BCUT2D eigenvalue weighted by atomic mass is 79.9. The largest absolute Gasteiger partial charge is 0.507 e. The van der Waals surface area contributed by atoms with Crippen molar-refractivity contribution in [2.75, 3.05) is 5.32 Å². The van der Waals surface area contributed by atoms with E-state index in [1.807, 2.05) is 0 Å². The Balaban J connectivity index is 2.28. The molecule has 0 atom stereocenters. The molecule has 0 radical (unpaired) electrons. The predicted molar refractivity (Wildman–Crippen MR) is 84.6 cm³/mol. The fourth-order valence-corrected chi connectivity index (χ4v) is 2.89. The Morgan fingerprint density at radius 3 is 2.25 bits per heavy atom. The van der Waals surface area contributed by atoms with Crippen molar-refractivity contribution in [3.05, 3.63) is 49.9 Å². The fraction of sp³-hybridized carbons (Fsp3) is 0. The number of rotatable bonds is 2. The van der Waals surface area contributed by atoms with E-state index in [4.69, 9.17) is 11.6 Å². The number of halogens is 3. The van der Waals surface area contributed by atoms with E-state index in [0.29, 0.717) is 19.7 Å². The summed E-state index contributed by atoms with van der Waals surface area (Å²) in [5, 5.41) is 22.2. The monoisotopic (exact) mass is 419 g/mol. The maximum absolute atomic E-state index is 12.0. The van der Waals surface area contributed by atoms with Gasteiger partial charge in [0.15, 0.2) is 0 Å². The second kappa shape index (κ2) is 6.03. The number of hydrogen-bond acceptors (Lipinski definition) is 3. The van der Waals surface area contributed by atoms with Gasteiger partial charge in [-0.15, -0.1) is 0 Å². The summed E-state index contributed by atoms with van der Waals surface area (Å²) in [6, 6.07) is 7.32. The van der Waals surface area contributed by atoms with Gasteiger partial charge >= 0.3 is 0 Å². The number of benzene rings is 2. The molecule has 0 fully saturated rings. The molecule has 0 aliphatic carbocycles. The summed E-state index contributed by atoms with van der Waals surface area (Å²) in [5.41, 5.74) is 0.565. The smallest absolute Gasteiger partial charge is 0.259 e. The highest BCUT2D eigenvalue weighted by Gasteiger charge is 2.13. The minimum absolute atomic E-state index is 0.0392. The van der Waals surface area contributed by atoms with Gasteiger partial charge in [0.25, 0.3) is 5.91 Å². The van der Waals surface area contributed by atoms with E-state index in [1.165, 1.54) is 18.2 Å². The molecule has 0 aliphatic rings. The minimum atomic E-state index is -0.483. The molecular weight excluding hydrogens is 413 g/mol. The zero-order chi connectivity index (χ0) is 14.9. The number of phenolic OH excluding ortho intramolecular Hbond substituents is 2. The number of nitrogens with one attached hydrogen (secondary N) is 1. The molecule has 2 aromatic carbocycles. The van der Waals surface area contributed by atoms with E-state index in [0.717, 1.165) is 0 Å². The molecule has 0 saturated carbocycles. The SMILES string of the molecule is O=C(Nc1cc(Br)c(O)c(Br)c1)c1ccc(Cl)cc1O. The van der Waals surface area contributed by atoms with Crippen LogP contribution in [0.5, 0.6) is 11.5 Å². The first-order valence-electron chi connectivity index (χ1n) is 5.36. The number of anilines is 1.